The van der Waals surface area contributed by atoms with Crippen molar-refractivity contribution in [3.63, 3.8) is 0 Å². The summed E-state index contributed by atoms with van der Waals surface area (Å²) in [6.45, 7) is 8.52. The summed E-state index contributed by atoms with van der Waals surface area (Å²) in [6.07, 6.45) is 0.781. The highest BCUT2D eigenvalue weighted by Crippen LogP contribution is 2.35. The fourth-order valence-corrected chi connectivity index (χ4v) is 5.64. The summed E-state index contributed by atoms with van der Waals surface area (Å²) >= 11 is 14.2. The van der Waals surface area contributed by atoms with Gasteiger partial charge in [0.25, 0.3) is 5.91 Å². The van der Waals surface area contributed by atoms with E-state index in [0.717, 1.165) is 17.5 Å². The molecule has 0 spiro atoms. The van der Waals surface area contributed by atoms with Crippen LogP contribution in [0.1, 0.15) is 53.2 Å². The molecule has 4 rings (SSSR count). The first-order valence-electron chi connectivity index (χ1n) is 11.9. The number of carbonyl (C=O) groups excluding carboxylic acids is 2. The van der Waals surface area contributed by atoms with Gasteiger partial charge in [0, 0.05) is 22.0 Å². The lowest BCUT2D eigenvalue weighted by Crippen LogP contribution is -2.53. The quantitative estimate of drug-likeness (QED) is 0.342. The molecule has 2 amide bonds. The van der Waals surface area contributed by atoms with Gasteiger partial charge in [-0.2, -0.15) is 0 Å². The molecule has 1 unspecified atom stereocenters. The van der Waals surface area contributed by atoms with Gasteiger partial charge in [0.2, 0.25) is 5.91 Å². The molecule has 36 heavy (non-hydrogen) atoms. The van der Waals surface area contributed by atoms with Gasteiger partial charge >= 0.3 is 0 Å². The van der Waals surface area contributed by atoms with Gasteiger partial charge in [-0.1, -0.05) is 35.3 Å². The second kappa shape index (κ2) is 10.8. The molecule has 1 aromatic heterocycles. The zero-order valence-electron chi connectivity index (χ0n) is 20.9. The van der Waals surface area contributed by atoms with Crippen molar-refractivity contribution in [2.75, 3.05) is 19.7 Å². The van der Waals surface area contributed by atoms with Crippen LogP contribution in [0.5, 0.6) is 5.75 Å². The van der Waals surface area contributed by atoms with Crippen LogP contribution in [0.4, 0.5) is 0 Å². The Balaban J connectivity index is 1.57. The third-order valence-corrected chi connectivity index (χ3v) is 8.16. The summed E-state index contributed by atoms with van der Waals surface area (Å²) in [4.78, 5) is 31.9. The van der Waals surface area contributed by atoms with Crippen LogP contribution in [0.2, 0.25) is 10.0 Å². The topological polar surface area (TPSA) is 49.9 Å². The largest absolute Gasteiger partial charge is 0.491 e. The van der Waals surface area contributed by atoms with Gasteiger partial charge in [0.15, 0.2) is 0 Å². The second-order valence-electron chi connectivity index (χ2n) is 9.92. The summed E-state index contributed by atoms with van der Waals surface area (Å²) in [7, 11) is 0. The lowest BCUT2D eigenvalue weighted by Gasteiger charge is -2.40. The Morgan fingerprint density at radius 3 is 2.56 bits per heavy atom. The number of aryl methyl sites for hydroxylation is 1. The average Bonchev–Trinajstić information content (AvgIpc) is 3.31. The molecule has 2 aromatic carbocycles. The standard InChI is InChI=1S/C28H30Cl2N2O3S/c1-18-15-19(9-10-22(18)29)35-17-24-21-12-14-36-25(21)11-13-31(24)26(33)16-32(28(2,3)4)27(34)20-7-5-6-8-23(20)30/h5-10,12,14-15,24H,11,13,16-17H2,1-4H3. The summed E-state index contributed by atoms with van der Waals surface area (Å²) in [6, 6.07) is 14.3. The summed E-state index contributed by atoms with van der Waals surface area (Å²) in [5.41, 5.74) is 1.84. The Labute approximate surface area is 226 Å². The molecule has 0 saturated heterocycles. The lowest BCUT2D eigenvalue weighted by atomic mass is 9.99. The van der Waals surface area contributed by atoms with E-state index in [9.17, 15) is 9.59 Å². The van der Waals surface area contributed by atoms with Crippen molar-refractivity contribution >= 4 is 46.4 Å². The maximum atomic E-state index is 13.8. The van der Waals surface area contributed by atoms with Crippen LogP contribution in [0, 0.1) is 6.92 Å². The molecule has 1 aliphatic rings. The Hall–Kier alpha value is -2.54. The van der Waals surface area contributed by atoms with Crippen LogP contribution >= 0.6 is 34.5 Å². The van der Waals surface area contributed by atoms with Crippen molar-refractivity contribution in [3.8, 4) is 5.75 Å². The molecule has 0 N–H and O–H groups in total. The number of hydrogen-bond donors (Lipinski definition) is 0. The van der Waals surface area contributed by atoms with Gasteiger partial charge in [0.05, 0.1) is 16.6 Å². The van der Waals surface area contributed by atoms with E-state index in [4.69, 9.17) is 27.9 Å². The number of rotatable bonds is 6. The second-order valence-corrected chi connectivity index (χ2v) is 11.7. The molecule has 0 radical (unpaired) electrons. The molecular weight excluding hydrogens is 515 g/mol. The van der Waals surface area contributed by atoms with Gasteiger partial charge in [0.1, 0.15) is 18.9 Å². The van der Waals surface area contributed by atoms with E-state index in [-0.39, 0.29) is 24.4 Å². The minimum Gasteiger partial charge on any atom is -0.491 e. The van der Waals surface area contributed by atoms with Crippen molar-refractivity contribution in [2.24, 2.45) is 0 Å². The number of ether oxygens (including phenoxy) is 1. The Bertz CT molecular complexity index is 1270. The Morgan fingerprint density at radius 1 is 1.11 bits per heavy atom. The first-order valence-corrected chi connectivity index (χ1v) is 13.5. The van der Waals surface area contributed by atoms with Crippen LogP contribution in [0.3, 0.4) is 0 Å². The minimum atomic E-state index is -0.581. The molecule has 0 bridgehead atoms. The highest BCUT2D eigenvalue weighted by molar-refractivity contribution is 7.10. The maximum Gasteiger partial charge on any atom is 0.256 e. The minimum absolute atomic E-state index is 0.0520. The number of nitrogens with zero attached hydrogens (tertiary/aromatic N) is 2. The smallest absolute Gasteiger partial charge is 0.256 e. The molecule has 0 aliphatic carbocycles. The van der Waals surface area contributed by atoms with E-state index >= 15 is 0 Å². The third kappa shape index (κ3) is 5.72. The van der Waals surface area contributed by atoms with E-state index in [0.29, 0.717) is 34.5 Å². The van der Waals surface area contributed by atoms with Gasteiger partial charge in [-0.25, -0.2) is 0 Å². The number of amides is 2. The summed E-state index contributed by atoms with van der Waals surface area (Å²) in [5.74, 6) is 0.319. The molecular formula is C28H30Cl2N2O3S. The zero-order chi connectivity index (χ0) is 26.0. The lowest BCUT2D eigenvalue weighted by molar-refractivity contribution is -0.136. The Kier molecular flexibility index (Phi) is 7.98. The fraction of sp³-hybridized carbons (Fsp3) is 0.357. The summed E-state index contributed by atoms with van der Waals surface area (Å²) in [5, 5.41) is 3.11. The molecule has 190 valence electrons. The number of carbonyl (C=O) groups is 2. The van der Waals surface area contributed by atoms with Gasteiger partial charge in [-0.3, -0.25) is 9.59 Å². The molecule has 0 fully saturated rings. The van der Waals surface area contributed by atoms with Gasteiger partial charge in [-0.15, -0.1) is 11.3 Å². The number of halogens is 2. The predicted octanol–water partition coefficient (Wildman–Crippen LogP) is 6.81. The van der Waals surface area contributed by atoms with Crippen LogP contribution < -0.4 is 4.74 Å². The van der Waals surface area contributed by atoms with Crippen molar-refractivity contribution in [1.29, 1.82) is 0 Å². The predicted molar refractivity (Wildman–Crippen MR) is 146 cm³/mol. The van der Waals surface area contributed by atoms with Crippen LogP contribution in [-0.4, -0.2) is 46.8 Å². The number of thiophene rings is 1. The molecule has 1 atom stereocenters. The van der Waals surface area contributed by atoms with E-state index < -0.39 is 5.54 Å². The number of hydrogen-bond acceptors (Lipinski definition) is 4. The van der Waals surface area contributed by atoms with Gasteiger partial charge in [-0.05, 0) is 87.0 Å². The third-order valence-electron chi connectivity index (χ3n) is 6.41. The average molecular weight is 546 g/mol. The van der Waals surface area contributed by atoms with Crippen molar-refractivity contribution in [2.45, 2.75) is 45.7 Å². The normalized spacial score (nSPS) is 15.4. The number of fused-ring (bicyclic) bond motifs is 1. The molecule has 5 nitrogen and oxygen atoms in total. The number of benzene rings is 2. The monoisotopic (exact) mass is 544 g/mol. The molecule has 1 aliphatic heterocycles. The Morgan fingerprint density at radius 2 is 1.86 bits per heavy atom. The van der Waals surface area contributed by atoms with E-state index in [1.165, 1.54) is 4.88 Å². The van der Waals surface area contributed by atoms with Crippen LogP contribution in [0.25, 0.3) is 0 Å². The highest BCUT2D eigenvalue weighted by atomic mass is 35.5. The fourth-order valence-electron chi connectivity index (χ4n) is 4.38. The van der Waals surface area contributed by atoms with Crippen molar-refractivity contribution in [1.82, 2.24) is 9.80 Å². The zero-order valence-corrected chi connectivity index (χ0v) is 23.2. The maximum absolute atomic E-state index is 13.8. The first-order chi connectivity index (χ1) is 17.1. The van der Waals surface area contributed by atoms with Crippen LogP contribution in [-0.2, 0) is 11.2 Å². The van der Waals surface area contributed by atoms with Crippen molar-refractivity contribution < 1.29 is 14.3 Å². The van der Waals surface area contributed by atoms with Gasteiger partial charge < -0.3 is 14.5 Å². The van der Waals surface area contributed by atoms with E-state index in [2.05, 4.69) is 11.4 Å². The molecule has 8 heteroatoms. The summed E-state index contributed by atoms with van der Waals surface area (Å²) < 4.78 is 6.15. The van der Waals surface area contributed by atoms with E-state index in [1.54, 1.807) is 40.5 Å². The molecule has 3 aromatic rings. The molecule has 0 saturated carbocycles. The van der Waals surface area contributed by atoms with Crippen LogP contribution in [0.15, 0.2) is 53.9 Å². The first kappa shape index (κ1) is 26.5. The van der Waals surface area contributed by atoms with E-state index in [1.807, 2.05) is 50.8 Å². The van der Waals surface area contributed by atoms with Crippen molar-refractivity contribution in [3.05, 3.63) is 85.5 Å². The SMILES string of the molecule is Cc1cc(OCC2c3ccsc3CCN2C(=O)CN(C(=O)c2ccccc2Cl)C(C)(C)C)ccc1Cl. The highest BCUT2D eigenvalue weighted by Gasteiger charge is 2.36. The molecule has 2 heterocycles.